The molecule has 0 radical (unpaired) electrons. The van der Waals surface area contributed by atoms with Crippen molar-refractivity contribution >= 4 is 34.7 Å². The van der Waals surface area contributed by atoms with Crippen LogP contribution in [0.1, 0.15) is 15.4 Å². The van der Waals surface area contributed by atoms with Crippen LogP contribution >= 0.6 is 23.1 Å². The molecule has 0 aliphatic rings. The first-order chi connectivity index (χ1) is 8.60. The molecule has 1 aromatic heterocycles. The molecule has 6 heteroatoms. The second kappa shape index (κ2) is 5.37. The van der Waals surface area contributed by atoms with Gasteiger partial charge in [0.25, 0.3) is 5.91 Å². The maximum absolute atomic E-state index is 11.9. The largest absolute Gasteiger partial charge is 0.495 e. The predicted octanol–water partition coefficient (Wildman–Crippen LogP) is 3.37. The van der Waals surface area contributed by atoms with Crippen molar-refractivity contribution in [3.05, 3.63) is 39.9 Å². The van der Waals surface area contributed by atoms with Gasteiger partial charge in [-0.05, 0) is 42.7 Å². The Hall–Kier alpha value is -1.59. The Morgan fingerprint density at radius 3 is 2.83 bits per heavy atom. The number of amides is 1. The molecule has 4 nitrogen and oxygen atoms in total. The second-order valence-electron chi connectivity index (χ2n) is 3.62. The number of halogens is 1. The average molecular weight is 283 g/mol. The summed E-state index contributed by atoms with van der Waals surface area (Å²) in [5, 5.41) is 3.26. The molecule has 2 rings (SSSR count). The molecule has 0 fully saturated rings. The maximum atomic E-state index is 11.9. The fourth-order valence-corrected chi connectivity index (χ4v) is 2.15. The summed E-state index contributed by atoms with van der Waals surface area (Å²) in [6.45, 7) is 1.90. The minimum atomic E-state index is -0.278. The highest BCUT2D eigenvalue weighted by Gasteiger charge is 2.12. The number of anilines is 1. The van der Waals surface area contributed by atoms with Crippen LogP contribution in [0.4, 0.5) is 5.69 Å². The van der Waals surface area contributed by atoms with Crippen LogP contribution in [0.3, 0.4) is 0 Å². The highest BCUT2D eigenvalue weighted by Crippen LogP contribution is 2.28. The van der Waals surface area contributed by atoms with Crippen LogP contribution in [0.2, 0.25) is 5.02 Å². The molecule has 0 aliphatic carbocycles. The monoisotopic (exact) mass is 282 g/mol. The summed E-state index contributed by atoms with van der Waals surface area (Å²) in [6, 6.07) is 6.77. The molecule has 18 heavy (non-hydrogen) atoms. The molecule has 0 saturated carbocycles. The zero-order valence-electron chi connectivity index (χ0n) is 9.86. The Bertz CT molecular complexity index is 583. The summed E-state index contributed by atoms with van der Waals surface area (Å²) < 4.78 is 9.20. The van der Waals surface area contributed by atoms with Crippen LogP contribution in [-0.2, 0) is 0 Å². The number of hydrogen-bond acceptors (Lipinski definition) is 4. The van der Waals surface area contributed by atoms with Crippen molar-refractivity contribution < 1.29 is 9.53 Å². The molecule has 0 spiro atoms. The van der Waals surface area contributed by atoms with Gasteiger partial charge >= 0.3 is 0 Å². The van der Waals surface area contributed by atoms with Crippen LogP contribution in [0.25, 0.3) is 0 Å². The lowest BCUT2D eigenvalue weighted by molar-refractivity contribution is 0.102. The van der Waals surface area contributed by atoms with Crippen LogP contribution in [-0.4, -0.2) is 17.4 Å². The lowest BCUT2D eigenvalue weighted by Gasteiger charge is -2.09. The van der Waals surface area contributed by atoms with E-state index in [-0.39, 0.29) is 5.91 Å². The Balaban J connectivity index is 2.23. The smallest absolute Gasteiger partial charge is 0.275 e. The summed E-state index contributed by atoms with van der Waals surface area (Å²) in [6.07, 6.45) is 0. The lowest BCUT2D eigenvalue weighted by atomic mass is 10.2. The van der Waals surface area contributed by atoms with Crippen LogP contribution in [0.15, 0.2) is 24.3 Å². The van der Waals surface area contributed by atoms with Gasteiger partial charge in [-0.1, -0.05) is 11.6 Å². The van der Waals surface area contributed by atoms with Gasteiger partial charge in [-0.25, -0.2) is 0 Å². The summed E-state index contributed by atoms with van der Waals surface area (Å²) in [5.41, 5.74) is 0.917. The Labute approximate surface area is 114 Å². The number of nitrogens with zero attached hydrogens (tertiary/aromatic N) is 1. The van der Waals surface area contributed by atoms with Gasteiger partial charge in [-0.3, -0.25) is 4.79 Å². The normalized spacial score (nSPS) is 10.2. The molecular formula is C12H11ClN2O2S. The van der Waals surface area contributed by atoms with Crippen molar-refractivity contribution in [3.63, 3.8) is 0 Å². The molecule has 0 saturated heterocycles. The van der Waals surface area contributed by atoms with E-state index in [2.05, 4.69) is 9.69 Å². The molecule has 2 aromatic rings. The Morgan fingerprint density at radius 1 is 1.44 bits per heavy atom. The molecule has 94 valence electrons. The van der Waals surface area contributed by atoms with E-state index in [1.807, 2.05) is 6.92 Å². The van der Waals surface area contributed by atoms with Crippen molar-refractivity contribution in [3.8, 4) is 5.75 Å². The Kier molecular flexibility index (Phi) is 3.84. The zero-order valence-corrected chi connectivity index (χ0v) is 11.4. The molecule has 0 bridgehead atoms. The van der Waals surface area contributed by atoms with E-state index in [0.717, 1.165) is 4.88 Å². The van der Waals surface area contributed by atoms with Gasteiger partial charge in [-0.2, -0.15) is 4.37 Å². The number of carbonyl (C=O) groups is 1. The number of rotatable bonds is 3. The van der Waals surface area contributed by atoms with E-state index >= 15 is 0 Å². The van der Waals surface area contributed by atoms with Gasteiger partial charge in [0, 0.05) is 9.90 Å². The van der Waals surface area contributed by atoms with Gasteiger partial charge in [0.15, 0.2) is 0 Å². The Morgan fingerprint density at radius 2 is 2.22 bits per heavy atom. The fourth-order valence-electron chi connectivity index (χ4n) is 1.44. The summed E-state index contributed by atoms with van der Waals surface area (Å²) in [5.74, 6) is 0.277. The van der Waals surface area contributed by atoms with Crippen molar-refractivity contribution in [2.45, 2.75) is 6.92 Å². The number of nitrogens with one attached hydrogen (secondary N) is 1. The molecule has 0 unspecified atom stereocenters. The maximum Gasteiger partial charge on any atom is 0.275 e. The van der Waals surface area contributed by atoms with E-state index in [1.165, 1.54) is 18.6 Å². The van der Waals surface area contributed by atoms with Crippen molar-refractivity contribution in [1.82, 2.24) is 4.37 Å². The molecule has 1 heterocycles. The van der Waals surface area contributed by atoms with Crippen molar-refractivity contribution in [1.29, 1.82) is 0 Å². The molecule has 0 atom stereocenters. The number of benzene rings is 1. The minimum Gasteiger partial charge on any atom is -0.495 e. The number of carbonyl (C=O) groups excluding carboxylic acids is 1. The quantitative estimate of drug-likeness (QED) is 0.939. The van der Waals surface area contributed by atoms with Gasteiger partial charge in [0.2, 0.25) is 0 Å². The highest BCUT2D eigenvalue weighted by molar-refractivity contribution is 7.05. The van der Waals surface area contributed by atoms with Gasteiger partial charge in [-0.15, -0.1) is 0 Å². The molecule has 0 aliphatic heterocycles. The minimum absolute atomic E-state index is 0.278. The number of ether oxygens (including phenoxy) is 1. The van der Waals surface area contributed by atoms with Gasteiger partial charge < -0.3 is 10.1 Å². The summed E-state index contributed by atoms with van der Waals surface area (Å²) in [7, 11) is 1.53. The van der Waals surface area contributed by atoms with E-state index in [0.29, 0.717) is 22.2 Å². The number of aryl methyl sites for hydroxylation is 1. The predicted molar refractivity (Wildman–Crippen MR) is 72.8 cm³/mol. The number of aromatic nitrogens is 1. The number of methoxy groups -OCH3 is 1. The van der Waals surface area contributed by atoms with Gasteiger partial charge in [0.05, 0.1) is 12.8 Å². The van der Waals surface area contributed by atoms with Crippen LogP contribution in [0.5, 0.6) is 5.75 Å². The third-order valence-corrected chi connectivity index (χ3v) is 3.20. The molecule has 1 N–H and O–H groups in total. The first-order valence-electron chi connectivity index (χ1n) is 5.18. The first kappa shape index (κ1) is 12.9. The fraction of sp³-hybridized carbons (Fsp3) is 0.167. The first-order valence-corrected chi connectivity index (χ1v) is 6.33. The van der Waals surface area contributed by atoms with Crippen molar-refractivity contribution in [2.24, 2.45) is 0 Å². The lowest BCUT2D eigenvalue weighted by Crippen LogP contribution is -2.12. The highest BCUT2D eigenvalue weighted by atomic mass is 35.5. The second-order valence-corrected chi connectivity index (χ2v) is 5.07. The van der Waals surface area contributed by atoms with Crippen LogP contribution < -0.4 is 10.1 Å². The SMILES string of the molecule is COc1ccc(Cl)cc1NC(=O)c1cc(C)sn1. The summed E-state index contributed by atoms with van der Waals surface area (Å²) in [4.78, 5) is 12.9. The summed E-state index contributed by atoms with van der Waals surface area (Å²) >= 11 is 7.18. The number of hydrogen-bond donors (Lipinski definition) is 1. The van der Waals surface area contributed by atoms with Crippen LogP contribution in [0, 0.1) is 6.92 Å². The standard InChI is InChI=1S/C12H11ClN2O2S/c1-7-5-10(15-18-7)12(16)14-9-6-8(13)3-4-11(9)17-2/h3-6H,1-2H3,(H,14,16). The van der Waals surface area contributed by atoms with E-state index in [1.54, 1.807) is 24.3 Å². The van der Waals surface area contributed by atoms with E-state index < -0.39 is 0 Å². The zero-order chi connectivity index (χ0) is 13.1. The molecule has 1 aromatic carbocycles. The van der Waals surface area contributed by atoms with E-state index in [9.17, 15) is 4.79 Å². The van der Waals surface area contributed by atoms with Crippen molar-refractivity contribution in [2.75, 3.05) is 12.4 Å². The van der Waals surface area contributed by atoms with E-state index in [4.69, 9.17) is 16.3 Å². The third-order valence-electron chi connectivity index (χ3n) is 2.27. The molecular weight excluding hydrogens is 272 g/mol. The average Bonchev–Trinajstić information content (AvgIpc) is 2.76. The topological polar surface area (TPSA) is 51.2 Å². The third kappa shape index (κ3) is 2.80. The van der Waals surface area contributed by atoms with Gasteiger partial charge in [0.1, 0.15) is 11.4 Å². The molecule has 1 amide bonds.